The summed E-state index contributed by atoms with van der Waals surface area (Å²) in [4.78, 5) is 12.3. The molecule has 21 heavy (non-hydrogen) atoms. The maximum absolute atomic E-state index is 12.3. The van der Waals surface area contributed by atoms with Crippen LogP contribution in [-0.2, 0) is 12.8 Å². The molecule has 0 saturated heterocycles. The first kappa shape index (κ1) is 14.0. The number of carbonyl (C=O) groups excluding carboxylic acids is 1. The number of amides is 1. The highest BCUT2D eigenvalue weighted by molar-refractivity contribution is 6.31. The molecule has 0 heterocycles. The van der Waals surface area contributed by atoms with Crippen molar-refractivity contribution < 1.29 is 9.90 Å². The molecule has 0 atom stereocenters. The normalized spacial score (nSPS) is 13.6. The molecule has 0 unspecified atom stereocenters. The maximum Gasteiger partial charge on any atom is 0.259 e. The molecule has 2 N–H and O–H groups in total. The first-order valence-corrected chi connectivity index (χ1v) is 7.43. The first-order valence-electron chi connectivity index (χ1n) is 7.06. The Balaban J connectivity index is 1.90. The number of halogens is 1. The van der Waals surface area contributed by atoms with Crippen LogP contribution >= 0.6 is 11.6 Å². The summed E-state index contributed by atoms with van der Waals surface area (Å²) in [5, 5.41) is 13.1. The Morgan fingerprint density at radius 1 is 1.14 bits per heavy atom. The standard InChI is InChI=1S/C17H16ClNO2/c18-12-8-9-16(20)14(10-12)17(21)19-15-7-3-5-11-4-1-2-6-13(11)15/h3,5,7-10,20H,1-2,4,6H2,(H,19,21). The smallest absolute Gasteiger partial charge is 0.259 e. The van der Waals surface area contributed by atoms with Crippen LogP contribution in [0.15, 0.2) is 36.4 Å². The van der Waals surface area contributed by atoms with Crippen molar-refractivity contribution in [3.63, 3.8) is 0 Å². The second kappa shape index (κ2) is 5.78. The van der Waals surface area contributed by atoms with Crippen molar-refractivity contribution in [3.05, 3.63) is 58.1 Å². The molecule has 3 rings (SSSR count). The van der Waals surface area contributed by atoms with E-state index in [2.05, 4.69) is 11.4 Å². The lowest BCUT2D eigenvalue weighted by atomic mass is 9.90. The van der Waals surface area contributed by atoms with Gasteiger partial charge in [0, 0.05) is 10.7 Å². The van der Waals surface area contributed by atoms with E-state index in [0.29, 0.717) is 5.02 Å². The van der Waals surface area contributed by atoms with Crippen LogP contribution in [0.2, 0.25) is 5.02 Å². The first-order chi connectivity index (χ1) is 10.1. The highest BCUT2D eigenvalue weighted by Crippen LogP contribution is 2.29. The van der Waals surface area contributed by atoms with Gasteiger partial charge in [-0.2, -0.15) is 0 Å². The third-order valence-corrected chi connectivity index (χ3v) is 4.08. The van der Waals surface area contributed by atoms with Crippen molar-refractivity contribution in [1.29, 1.82) is 0 Å². The largest absolute Gasteiger partial charge is 0.507 e. The van der Waals surface area contributed by atoms with Crippen molar-refractivity contribution in [1.82, 2.24) is 0 Å². The molecule has 0 aromatic heterocycles. The van der Waals surface area contributed by atoms with E-state index in [1.165, 1.54) is 29.7 Å². The molecular weight excluding hydrogens is 286 g/mol. The van der Waals surface area contributed by atoms with Gasteiger partial charge in [0.25, 0.3) is 5.91 Å². The van der Waals surface area contributed by atoms with Crippen LogP contribution in [0, 0.1) is 0 Å². The monoisotopic (exact) mass is 301 g/mol. The number of aromatic hydroxyl groups is 1. The summed E-state index contributed by atoms with van der Waals surface area (Å²) < 4.78 is 0. The van der Waals surface area contributed by atoms with E-state index in [4.69, 9.17) is 11.6 Å². The molecule has 0 bridgehead atoms. The van der Waals surface area contributed by atoms with Crippen LogP contribution in [0.1, 0.15) is 34.3 Å². The van der Waals surface area contributed by atoms with Gasteiger partial charge in [0.1, 0.15) is 5.75 Å². The average molecular weight is 302 g/mol. The number of hydrogen-bond acceptors (Lipinski definition) is 2. The van der Waals surface area contributed by atoms with Gasteiger partial charge < -0.3 is 10.4 Å². The van der Waals surface area contributed by atoms with Gasteiger partial charge in [0.2, 0.25) is 0 Å². The number of benzene rings is 2. The van der Waals surface area contributed by atoms with Gasteiger partial charge in [0.05, 0.1) is 5.56 Å². The predicted molar refractivity (Wildman–Crippen MR) is 84.2 cm³/mol. The number of fused-ring (bicyclic) bond motifs is 1. The highest BCUT2D eigenvalue weighted by atomic mass is 35.5. The minimum atomic E-state index is -0.339. The van der Waals surface area contributed by atoms with Gasteiger partial charge in [-0.15, -0.1) is 0 Å². The van der Waals surface area contributed by atoms with E-state index in [-0.39, 0.29) is 17.2 Å². The Morgan fingerprint density at radius 3 is 2.81 bits per heavy atom. The summed E-state index contributed by atoms with van der Waals surface area (Å²) in [6.07, 6.45) is 4.37. The van der Waals surface area contributed by atoms with Gasteiger partial charge in [-0.25, -0.2) is 0 Å². The molecule has 1 aliphatic rings. The zero-order valence-electron chi connectivity index (χ0n) is 11.5. The topological polar surface area (TPSA) is 49.3 Å². The van der Waals surface area contributed by atoms with Crippen molar-refractivity contribution >= 4 is 23.2 Å². The average Bonchev–Trinajstić information content (AvgIpc) is 2.50. The number of rotatable bonds is 2. The van der Waals surface area contributed by atoms with E-state index in [1.807, 2.05) is 12.1 Å². The summed E-state index contributed by atoms with van der Waals surface area (Å²) in [7, 11) is 0. The zero-order chi connectivity index (χ0) is 14.8. The molecule has 1 amide bonds. The number of phenolic OH excluding ortho intramolecular Hbond substituents is 1. The van der Waals surface area contributed by atoms with Gasteiger partial charge in [-0.1, -0.05) is 23.7 Å². The lowest BCUT2D eigenvalue weighted by Gasteiger charge is -2.19. The molecule has 2 aromatic rings. The van der Waals surface area contributed by atoms with E-state index >= 15 is 0 Å². The fourth-order valence-electron chi connectivity index (χ4n) is 2.78. The lowest BCUT2D eigenvalue weighted by molar-refractivity contribution is 0.102. The van der Waals surface area contributed by atoms with Crippen LogP contribution in [-0.4, -0.2) is 11.0 Å². The lowest BCUT2D eigenvalue weighted by Crippen LogP contribution is -2.15. The van der Waals surface area contributed by atoms with Gasteiger partial charge in [0.15, 0.2) is 0 Å². The molecule has 0 saturated carbocycles. The SMILES string of the molecule is O=C(Nc1cccc2c1CCCC2)c1cc(Cl)ccc1O. The van der Waals surface area contributed by atoms with Crippen molar-refractivity contribution in [2.24, 2.45) is 0 Å². The quantitative estimate of drug-likeness (QED) is 0.874. The number of nitrogens with one attached hydrogen (secondary N) is 1. The third-order valence-electron chi connectivity index (χ3n) is 3.85. The van der Waals surface area contributed by atoms with E-state index in [0.717, 1.165) is 24.9 Å². The van der Waals surface area contributed by atoms with Crippen LogP contribution in [0.25, 0.3) is 0 Å². The van der Waals surface area contributed by atoms with Crippen LogP contribution in [0.5, 0.6) is 5.75 Å². The molecule has 4 heteroatoms. The van der Waals surface area contributed by atoms with E-state index in [1.54, 1.807) is 6.07 Å². The second-order valence-electron chi connectivity index (χ2n) is 5.27. The molecular formula is C17H16ClNO2. The molecule has 2 aromatic carbocycles. The second-order valence-corrected chi connectivity index (χ2v) is 5.70. The molecule has 0 aliphatic heterocycles. The van der Waals surface area contributed by atoms with Crippen LogP contribution in [0.4, 0.5) is 5.69 Å². The molecule has 3 nitrogen and oxygen atoms in total. The Hall–Kier alpha value is -2.00. The summed E-state index contributed by atoms with van der Waals surface area (Å²) in [6.45, 7) is 0. The fraction of sp³-hybridized carbons (Fsp3) is 0.235. The summed E-state index contributed by atoms with van der Waals surface area (Å²) >= 11 is 5.89. The molecule has 0 fully saturated rings. The Morgan fingerprint density at radius 2 is 1.95 bits per heavy atom. The number of carbonyl (C=O) groups is 1. The summed E-state index contributed by atoms with van der Waals surface area (Å²) in [5.41, 5.74) is 3.53. The number of phenols is 1. The molecule has 0 spiro atoms. The fourth-order valence-corrected chi connectivity index (χ4v) is 2.95. The predicted octanol–water partition coefficient (Wildman–Crippen LogP) is 4.18. The van der Waals surface area contributed by atoms with E-state index in [9.17, 15) is 9.90 Å². The van der Waals surface area contributed by atoms with Crippen molar-refractivity contribution in [2.75, 3.05) is 5.32 Å². The number of hydrogen-bond donors (Lipinski definition) is 2. The van der Waals surface area contributed by atoms with E-state index < -0.39 is 0 Å². The van der Waals surface area contributed by atoms with Crippen LogP contribution < -0.4 is 5.32 Å². The molecule has 0 radical (unpaired) electrons. The number of anilines is 1. The Bertz CT molecular complexity index is 697. The minimum absolute atomic E-state index is 0.0679. The summed E-state index contributed by atoms with van der Waals surface area (Å²) in [5.74, 6) is -0.407. The van der Waals surface area contributed by atoms with Gasteiger partial charge in [-0.05, 0) is 61.1 Å². The molecule has 108 valence electrons. The van der Waals surface area contributed by atoms with Crippen molar-refractivity contribution in [2.45, 2.75) is 25.7 Å². The Kier molecular flexibility index (Phi) is 3.84. The number of aryl methyl sites for hydroxylation is 1. The summed E-state index contributed by atoms with van der Waals surface area (Å²) in [6, 6.07) is 10.4. The third kappa shape index (κ3) is 2.88. The Labute approximate surface area is 128 Å². The molecule has 1 aliphatic carbocycles. The van der Waals surface area contributed by atoms with Gasteiger partial charge in [-0.3, -0.25) is 4.79 Å². The minimum Gasteiger partial charge on any atom is -0.507 e. The highest BCUT2D eigenvalue weighted by Gasteiger charge is 2.17. The maximum atomic E-state index is 12.3. The van der Waals surface area contributed by atoms with Crippen molar-refractivity contribution in [3.8, 4) is 5.75 Å². The zero-order valence-corrected chi connectivity index (χ0v) is 12.3. The van der Waals surface area contributed by atoms with Crippen LogP contribution in [0.3, 0.4) is 0 Å². The van der Waals surface area contributed by atoms with Gasteiger partial charge >= 0.3 is 0 Å².